The van der Waals surface area contributed by atoms with Crippen LogP contribution in [0.4, 0.5) is 0 Å². The molecule has 0 saturated heterocycles. The van der Waals surface area contributed by atoms with Crippen LogP contribution in [0.15, 0.2) is 29.2 Å². The van der Waals surface area contributed by atoms with Gasteiger partial charge in [0.25, 0.3) is 5.91 Å². The van der Waals surface area contributed by atoms with E-state index in [1.54, 1.807) is 18.3 Å². The molecule has 0 aliphatic carbocycles. The second-order valence-corrected chi connectivity index (χ2v) is 5.92. The minimum Gasteiger partial charge on any atom is -0.349 e. The summed E-state index contributed by atoms with van der Waals surface area (Å²) in [6.45, 7) is 6.64. The number of hydrogen-bond acceptors (Lipinski definition) is 2. The number of pyridine rings is 1. The van der Waals surface area contributed by atoms with Crippen LogP contribution < -0.4 is 10.7 Å². The zero-order valence-corrected chi connectivity index (χ0v) is 13.9. The van der Waals surface area contributed by atoms with Gasteiger partial charge in [-0.25, -0.2) is 0 Å². The maximum atomic E-state index is 12.6. The summed E-state index contributed by atoms with van der Waals surface area (Å²) in [7, 11) is 0. The molecule has 4 nitrogen and oxygen atoms in total. The number of amides is 1. The Kier molecular flexibility index (Phi) is 5.24. The average molecular weight is 321 g/mol. The number of fused-ring (bicyclic) bond motifs is 1. The van der Waals surface area contributed by atoms with Crippen LogP contribution in [0, 0.1) is 0 Å². The van der Waals surface area contributed by atoms with E-state index < -0.39 is 0 Å². The smallest absolute Gasteiger partial charge is 0.256 e. The molecule has 0 bridgehead atoms. The van der Waals surface area contributed by atoms with Gasteiger partial charge in [-0.2, -0.15) is 0 Å². The van der Waals surface area contributed by atoms with Gasteiger partial charge in [-0.05, 0) is 38.5 Å². The van der Waals surface area contributed by atoms with Crippen molar-refractivity contribution in [1.29, 1.82) is 0 Å². The third kappa shape index (κ3) is 3.33. The van der Waals surface area contributed by atoms with E-state index in [2.05, 4.69) is 12.2 Å². The van der Waals surface area contributed by atoms with Crippen molar-refractivity contribution in [2.45, 2.75) is 46.2 Å². The molecule has 0 unspecified atom stereocenters. The highest BCUT2D eigenvalue weighted by Gasteiger charge is 2.16. The Morgan fingerprint density at radius 2 is 2.09 bits per heavy atom. The molecule has 2 aromatic rings. The van der Waals surface area contributed by atoms with Crippen molar-refractivity contribution in [3.05, 3.63) is 45.2 Å². The zero-order chi connectivity index (χ0) is 16.3. The number of nitrogens with zero attached hydrogens (tertiary/aromatic N) is 1. The van der Waals surface area contributed by atoms with E-state index in [-0.39, 0.29) is 22.9 Å². The fourth-order valence-electron chi connectivity index (χ4n) is 2.60. The first-order valence-electron chi connectivity index (χ1n) is 7.61. The number of carbonyl (C=O) groups excluding carboxylic acids is 1. The first-order valence-corrected chi connectivity index (χ1v) is 7.99. The van der Waals surface area contributed by atoms with Crippen molar-refractivity contribution in [3.63, 3.8) is 0 Å². The van der Waals surface area contributed by atoms with Gasteiger partial charge in [0, 0.05) is 29.2 Å². The third-order valence-corrected chi connectivity index (χ3v) is 3.96. The molecule has 0 aliphatic rings. The maximum absolute atomic E-state index is 12.6. The fourth-order valence-corrected chi connectivity index (χ4v) is 2.77. The lowest BCUT2D eigenvalue weighted by atomic mass is 10.1. The molecule has 1 aromatic carbocycles. The second kappa shape index (κ2) is 6.97. The Bertz CT molecular complexity index is 752. The van der Waals surface area contributed by atoms with Crippen molar-refractivity contribution in [3.8, 4) is 0 Å². The predicted molar refractivity (Wildman–Crippen MR) is 90.7 cm³/mol. The van der Waals surface area contributed by atoms with Crippen molar-refractivity contribution in [1.82, 2.24) is 9.88 Å². The molecule has 1 N–H and O–H groups in total. The van der Waals surface area contributed by atoms with Gasteiger partial charge < -0.3 is 9.88 Å². The fraction of sp³-hybridized carbons (Fsp3) is 0.412. The quantitative estimate of drug-likeness (QED) is 0.915. The van der Waals surface area contributed by atoms with Crippen LogP contribution in [0.5, 0.6) is 0 Å². The molecule has 118 valence electrons. The third-order valence-electron chi connectivity index (χ3n) is 3.73. The van der Waals surface area contributed by atoms with E-state index in [0.717, 1.165) is 18.4 Å². The maximum Gasteiger partial charge on any atom is 0.256 e. The van der Waals surface area contributed by atoms with Gasteiger partial charge in [-0.3, -0.25) is 9.59 Å². The molecule has 0 radical (unpaired) electrons. The van der Waals surface area contributed by atoms with Gasteiger partial charge in [0.15, 0.2) is 0 Å². The SMILES string of the molecule is CCC[C@H](C)NC(=O)c1cn(CC)c2ccc(Cl)cc2c1=O. The molecule has 0 spiro atoms. The average Bonchev–Trinajstić information content (AvgIpc) is 2.48. The van der Waals surface area contributed by atoms with Gasteiger partial charge in [-0.1, -0.05) is 24.9 Å². The molecule has 5 heteroatoms. The monoisotopic (exact) mass is 320 g/mol. The van der Waals surface area contributed by atoms with E-state index in [9.17, 15) is 9.59 Å². The molecular weight excluding hydrogens is 300 g/mol. The molecule has 1 heterocycles. The highest BCUT2D eigenvalue weighted by molar-refractivity contribution is 6.31. The van der Waals surface area contributed by atoms with Crippen LogP contribution in [-0.2, 0) is 6.54 Å². The van der Waals surface area contributed by atoms with Gasteiger partial charge in [0.1, 0.15) is 5.56 Å². The number of aryl methyl sites for hydroxylation is 1. The van der Waals surface area contributed by atoms with Crippen LogP contribution >= 0.6 is 11.6 Å². The molecule has 0 saturated carbocycles. The van der Waals surface area contributed by atoms with Crippen molar-refractivity contribution < 1.29 is 4.79 Å². The highest BCUT2D eigenvalue weighted by atomic mass is 35.5. The number of halogens is 1. The Hall–Kier alpha value is -1.81. The van der Waals surface area contributed by atoms with Gasteiger partial charge in [0.05, 0.1) is 5.52 Å². The highest BCUT2D eigenvalue weighted by Crippen LogP contribution is 2.17. The van der Waals surface area contributed by atoms with Crippen molar-refractivity contribution in [2.75, 3.05) is 0 Å². The number of carbonyl (C=O) groups is 1. The molecule has 0 aliphatic heterocycles. The van der Waals surface area contributed by atoms with E-state index >= 15 is 0 Å². The van der Waals surface area contributed by atoms with Crippen LogP contribution in [-0.4, -0.2) is 16.5 Å². The number of benzene rings is 1. The predicted octanol–water partition coefficient (Wildman–Crippen LogP) is 3.59. The molecule has 22 heavy (non-hydrogen) atoms. The standard InChI is InChI=1S/C17H21ClN2O2/c1-4-6-11(3)19-17(22)14-10-20(5-2)15-8-7-12(18)9-13(15)16(14)21/h7-11H,4-6H2,1-3H3,(H,19,22)/t11-/m0/s1. The lowest BCUT2D eigenvalue weighted by Crippen LogP contribution is -2.35. The topological polar surface area (TPSA) is 51.1 Å². The van der Waals surface area contributed by atoms with Crippen LogP contribution in [0.25, 0.3) is 10.9 Å². The summed E-state index contributed by atoms with van der Waals surface area (Å²) in [5, 5.41) is 3.85. The number of hydrogen-bond donors (Lipinski definition) is 1. The Morgan fingerprint density at radius 1 is 1.36 bits per heavy atom. The molecule has 1 atom stereocenters. The summed E-state index contributed by atoms with van der Waals surface area (Å²) >= 11 is 5.99. The number of rotatable bonds is 5. The summed E-state index contributed by atoms with van der Waals surface area (Å²) in [5.41, 5.74) is 0.679. The Balaban J connectivity index is 2.52. The summed E-state index contributed by atoms with van der Waals surface area (Å²) in [6, 6.07) is 5.22. The zero-order valence-electron chi connectivity index (χ0n) is 13.1. The molecular formula is C17H21ClN2O2. The first-order chi connectivity index (χ1) is 10.5. The van der Waals surface area contributed by atoms with Crippen LogP contribution in [0.3, 0.4) is 0 Å². The molecule has 1 amide bonds. The van der Waals surface area contributed by atoms with Crippen LogP contribution in [0.2, 0.25) is 5.02 Å². The first kappa shape index (κ1) is 16.6. The lowest BCUT2D eigenvalue weighted by Gasteiger charge is -2.15. The minimum absolute atomic E-state index is 0.0436. The molecule has 0 fully saturated rings. The summed E-state index contributed by atoms with van der Waals surface area (Å²) < 4.78 is 1.90. The molecule has 1 aromatic heterocycles. The normalized spacial score (nSPS) is 12.4. The Morgan fingerprint density at radius 3 is 2.73 bits per heavy atom. The number of nitrogens with one attached hydrogen (secondary N) is 1. The van der Waals surface area contributed by atoms with Crippen molar-refractivity contribution >= 4 is 28.4 Å². The van der Waals surface area contributed by atoms with Gasteiger partial charge in [0.2, 0.25) is 5.43 Å². The minimum atomic E-state index is -0.324. The lowest BCUT2D eigenvalue weighted by molar-refractivity contribution is 0.0936. The van der Waals surface area contributed by atoms with Crippen LogP contribution in [0.1, 0.15) is 44.0 Å². The summed E-state index contributed by atoms with van der Waals surface area (Å²) in [6.07, 6.45) is 3.49. The summed E-state index contributed by atoms with van der Waals surface area (Å²) in [5.74, 6) is -0.324. The Labute approximate surface area is 135 Å². The largest absolute Gasteiger partial charge is 0.349 e. The van der Waals surface area contributed by atoms with Crippen molar-refractivity contribution in [2.24, 2.45) is 0 Å². The van der Waals surface area contributed by atoms with E-state index in [1.807, 2.05) is 24.5 Å². The van der Waals surface area contributed by atoms with E-state index in [1.165, 1.54) is 0 Å². The summed E-state index contributed by atoms with van der Waals surface area (Å²) in [4.78, 5) is 25.0. The number of aromatic nitrogens is 1. The van der Waals surface area contributed by atoms with E-state index in [4.69, 9.17) is 11.6 Å². The second-order valence-electron chi connectivity index (χ2n) is 5.48. The van der Waals surface area contributed by atoms with Gasteiger partial charge >= 0.3 is 0 Å². The van der Waals surface area contributed by atoms with E-state index in [0.29, 0.717) is 17.0 Å². The molecule has 2 rings (SSSR count). The van der Waals surface area contributed by atoms with Gasteiger partial charge in [-0.15, -0.1) is 0 Å².